The van der Waals surface area contributed by atoms with Gasteiger partial charge in [0.05, 0.1) is 49.4 Å². The van der Waals surface area contributed by atoms with Crippen molar-refractivity contribution in [2.24, 2.45) is 0 Å². The van der Waals surface area contributed by atoms with E-state index in [2.05, 4.69) is 5.32 Å². The predicted octanol–water partition coefficient (Wildman–Crippen LogP) is 5.94. The molecule has 0 spiro atoms. The molecule has 0 bridgehead atoms. The van der Waals surface area contributed by atoms with Gasteiger partial charge in [0, 0.05) is 11.1 Å². The molecule has 1 N–H and O–H groups in total. The van der Waals surface area contributed by atoms with Gasteiger partial charge < -0.3 is 19.2 Å². The zero-order valence-corrected chi connectivity index (χ0v) is 25.5. The number of aromatic nitrogens is 2. The zero-order chi connectivity index (χ0) is 30.6. The molecule has 1 atom stereocenters. The van der Waals surface area contributed by atoms with Crippen LogP contribution in [-0.2, 0) is 16.1 Å². The Morgan fingerprint density at radius 3 is 2.48 bits per heavy atom. The molecule has 2 amide bonds. The Balaban J connectivity index is 1.54. The van der Waals surface area contributed by atoms with Crippen molar-refractivity contribution in [1.29, 1.82) is 0 Å². The van der Waals surface area contributed by atoms with Crippen LogP contribution in [0.3, 0.4) is 0 Å². The van der Waals surface area contributed by atoms with Crippen molar-refractivity contribution < 1.29 is 23.5 Å². The average Bonchev–Trinajstić information content (AvgIpc) is 3.69. The summed E-state index contributed by atoms with van der Waals surface area (Å²) in [7, 11) is 3.20. The highest BCUT2D eigenvalue weighted by Crippen LogP contribution is 2.49. The summed E-state index contributed by atoms with van der Waals surface area (Å²) in [5, 5.41) is 7.72. The molecule has 3 aromatic carbocycles. The number of methoxy groups -OCH3 is 2. The second-order valence-corrected chi connectivity index (χ2v) is 11.4. The van der Waals surface area contributed by atoms with Gasteiger partial charge in [-0.25, -0.2) is 4.68 Å². The second-order valence-electron chi connectivity index (χ2n) is 10.3. The third kappa shape index (κ3) is 5.80. The van der Waals surface area contributed by atoms with Gasteiger partial charge in [-0.15, -0.1) is 11.8 Å². The fourth-order valence-corrected chi connectivity index (χ4v) is 6.46. The van der Waals surface area contributed by atoms with Gasteiger partial charge in [0.15, 0.2) is 11.5 Å². The molecule has 0 unspecified atom stereocenters. The lowest BCUT2D eigenvalue weighted by Gasteiger charge is -2.23. The van der Waals surface area contributed by atoms with Crippen molar-refractivity contribution >= 4 is 29.4 Å². The number of thioether (sulfide) groups is 1. The maximum atomic E-state index is 14.0. The molecule has 224 valence electrons. The van der Waals surface area contributed by atoms with Crippen LogP contribution in [-0.4, -0.2) is 48.1 Å². The fraction of sp³-hybridized carbons (Fsp3) is 0.206. The number of hydrogen-bond acceptors (Lipinski definition) is 7. The van der Waals surface area contributed by atoms with Gasteiger partial charge in [-0.2, -0.15) is 5.10 Å². The first-order valence-electron chi connectivity index (χ1n) is 14.1. The molecule has 10 heteroatoms. The van der Waals surface area contributed by atoms with Crippen LogP contribution in [0, 0.1) is 6.92 Å². The minimum absolute atomic E-state index is 0.154. The molecule has 0 aliphatic carbocycles. The molecule has 5 aromatic rings. The molecule has 1 aliphatic heterocycles. The number of anilines is 1. The van der Waals surface area contributed by atoms with E-state index in [1.807, 2.05) is 79.7 Å². The van der Waals surface area contributed by atoms with Crippen molar-refractivity contribution in [3.8, 4) is 28.4 Å². The first-order valence-corrected chi connectivity index (χ1v) is 15.2. The zero-order valence-electron chi connectivity index (χ0n) is 24.7. The number of carbonyl (C=O) groups excluding carboxylic acids is 2. The number of fused-ring (bicyclic) bond motifs is 1. The largest absolute Gasteiger partial charge is 0.493 e. The summed E-state index contributed by atoms with van der Waals surface area (Å²) < 4.78 is 18.3. The number of hydrogen-bond donors (Lipinski definition) is 1. The average molecular weight is 609 g/mol. The van der Waals surface area contributed by atoms with E-state index in [-0.39, 0.29) is 35.9 Å². The van der Waals surface area contributed by atoms with Gasteiger partial charge in [0.2, 0.25) is 11.8 Å². The van der Waals surface area contributed by atoms with Gasteiger partial charge in [-0.05, 0) is 48.9 Å². The Kier molecular flexibility index (Phi) is 8.42. The van der Waals surface area contributed by atoms with E-state index < -0.39 is 0 Å². The van der Waals surface area contributed by atoms with E-state index in [1.54, 1.807) is 42.2 Å². The molecular formula is C34H32N4O5S. The van der Waals surface area contributed by atoms with E-state index in [0.29, 0.717) is 23.1 Å². The molecule has 3 heterocycles. The van der Waals surface area contributed by atoms with Crippen molar-refractivity contribution in [3.05, 3.63) is 114 Å². The summed E-state index contributed by atoms with van der Waals surface area (Å²) in [5.74, 6) is 2.02. The first kappa shape index (κ1) is 29.1. The van der Waals surface area contributed by atoms with E-state index in [4.69, 9.17) is 19.0 Å². The summed E-state index contributed by atoms with van der Waals surface area (Å²) in [4.78, 5) is 28.8. The summed E-state index contributed by atoms with van der Waals surface area (Å²) >= 11 is 1.49. The normalized spacial score (nSPS) is 14.6. The predicted molar refractivity (Wildman–Crippen MR) is 170 cm³/mol. The number of nitrogens with zero attached hydrogens (tertiary/aromatic N) is 3. The topological polar surface area (TPSA) is 98.8 Å². The summed E-state index contributed by atoms with van der Waals surface area (Å²) in [6.07, 6.45) is 1.56. The Labute approximate surface area is 259 Å². The SMILES string of the molecule is COc1ccc([C@H]2SCC(=O)N(CC(=O)NCc3ccco3)c3c2c(-c2ccccc2)nn3-c2ccc(C)cc2)cc1OC. The molecule has 2 aromatic heterocycles. The molecule has 0 radical (unpaired) electrons. The minimum Gasteiger partial charge on any atom is -0.493 e. The molecule has 0 saturated heterocycles. The van der Waals surface area contributed by atoms with Gasteiger partial charge in [0.1, 0.15) is 18.1 Å². The minimum atomic E-state index is -0.312. The van der Waals surface area contributed by atoms with Crippen LogP contribution in [0.25, 0.3) is 16.9 Å². The number of ether oxygens (including phenoxy) is 2. The lowest BCUT2D eigenvalue weighted by atomic mass is 9.99. The molecule has 44 heavy (non-hydrogen) atoms. The highest BCUT2D eigenvalue weighted by Gasteiger charge is 2.38. The van der Waals surface area contributed by atoms with Crippen LogP contribution < -0.4 is 19.7 Å². The molecule has 6 rings (SSSR count). The van der Waals surface area contributed by atoms with Crippen LogP contribution >= 0.6 is 11.8 Å². The smallest absolute Gasteiger partial charge is 0.240 e. The Morgan fingerprint density at radius 2 is 1.77 bits per heavy atom. The Bertz CT molecular complexity index is 1770. The second kappa shape index (κ2) is 12.7. The maximum absolute atomic E-state index is 14.0. The highest BCUT2D eigenvalue weighted by atomic mass is 32.2. The van der Waals surface area contributed by atoms with E-state index >= 15 is 0 Å². The first-order chi connectivity index (χ1) is 21.5. The Hall–Kier alpha value is -4.96. The number of benzene rings is 3. The number of rotatable bonds is 9. The lowest BCUT2D eigenvalue weighted by molar-refractivity contribution is -0.123. The number of aryl methyl sites for hydroxylation is 1. The molecule has 0 saturated carbocycles. The number of carbonyl (C=O) groups is 2. The number of furan rings is 1. The van der Waals surface area contributed by atoms with Crippen molar-refractivity contribution in [1.82, 2.24) is 15.1 Å². The van der Waals surface area contributed by atoms with Crippen LogP contribution in [0.1, 0.15) is 27.7 Å². The van der Waals surface area contributed by atoms with Gasteiger partial charge in [0.25, 0.3) is 0 Å². The third-order valence-electron chi connectivity index (χ3n) is 7.47. The van der Waals surface area contributed by atoms with Crippen LogP contribution in [0.5, 0.6) is 11.5 Å². The van der Waals surface area contributed by atoms with Gasteiger partial charge in [-0.1, -0.05) is 54.1 Å². The summed E-state index contributed by atoms with van der Waals surface area (Å²) in [6, 6.07) is 27.2. The molecule has 9 nitrogen and oxygen atoms in total. The fourth-order valence-electron chi connectivity index (χ4n) is 5.27. The lowest BCUT2D eigenvalue weighted by Crippen LogP contribution is -2.42. The van der Waals surface area contributed by atoms with E-state index in [9.17, 15) is 9.59 Å². The van der Waals surface area contributed by atoms with Gasteiger partial charge in [-0.3, -0.25) is 14.5 Å². The molecule has 0 fully saturated rings. The van der Waals surface area contributed by atoms with Crippen LogP contribution in [0.4, 0.5) is 5.82 Å². The standard InChI is InChI=1S/C34H32N4O5S/c1-22-11-14-25(15-12-22)38-34-31(32(36-38)23-8-5-4-6-9-23)33(24-13-16-27(41-2)28(18-24)42-3)44-21-30(40)37(34)20-29(39)35-19-26-10-7-17-43-26/h4-18,33H,19-21H2,1-3H3,(H,35,39)/t33-/m1/s1. The molecular weight excluding hydrogens is 576 g/mol. The van der Waals surface area contributed by atoms with Gasteiger partial charge >= 0.3 is 0 Å². The van der Waals surface area contributed by atoms with Crippen LogP contribution in [0.2, 0.25) is 0 Å². The third-order valence-corrected chi connectivity index (χ3v) is 8.72. The summed E-state index contributed by atoms with van der Waals surface area (Å²) in [5.41, 5.74) is 5.26. The number of amides is 2. The van der Waals surface area contributed by atoms with E-state index in [0.717, 1.165) is 33.6 Å². The number of nitrogens with one attached hydrogen (secondary N) is 1. The monoisotopic (exact) mass is 608 g/mol. The molecule has 1 aliphatic rings. The van der Waals surface area contributed by atoms with Crippen LogP contribution in [0.15, 0.2) is 95.6 Å². The van der Waals surface area contributed by atoms with E-state index in [1.165, 1.54) is 11.8 Å². The summed E-state index contributed by atoms with van der Waals surface area (Å²) in [6.45, 7) is 2.06. The maximum Gasteiger partial charge on any atom is 0.240 e. The highest BCUT2D eigenvalue weighted by molar-refractivity contribution is 8.00. The Morgan fingerprint density at radius 1 is 1.00 bits per heavy atom. The van der Waals surface area contributed by atoms with Crippen molar-refractivity contribution in [2.45, 2.75) is 18.7 Å². The van der Waals surface area contributed by atoms with Crippen molar-refractivity contribution in [3.63, 3.8) is 0 Å². The van der Waals surface area contributed by atoms with Crippen molar-refractivity contribution in [2.75, 3.05) is 31.4 Å². The quantitative estimate of drug-likeness (QED) is 0.221.